The van der Waals surface area contributed by atoms with Crippen LogP contribution in [0.1, 0.15) is 132 Å². The van der Waals surface area contributed by atoms with Gasteiger partial charge >= 0.3 is 23.6 Å². The number of quaternary nitrogens is 1. The van der Waals surface area contributed by atoms with E-state index in [1.54, 1.807) is 33.8 Å². The number of allylic oxidation sites excluding steroid dienone is 6. The number of Topliss-reactive ketones (excluding diaryl/α,β-unsaturated/α-hetero) is 3. The maximum absolute atomic E-state index is 14.6. The SMILES string of the molecule is CO[C@H]1CC2CC[C@@H](C)[C@@](O)(O2)C(=O)C(=O)[N+]2(O)CCCC[C@H]2C(=O)O[C@H]([C@H](C)C[C@@H]2CC[C@@H](OC(=O)C(C)(CO)CO)[C@H](OC)C2)CC(=O)[C@H](C)/C=C(\C)[C@@H](O)[C@@H](OC)C(=O)[C@H](C)C[C@H](C)/C=C/C=CC=C1C. The van der Waals surface area contributed by atoms with Gasteiger partial charge in [-0.1, -0.05) is 71.1 Å². The van der Waals surface area contributed by atoms with Gasteiger partial charge in [0.15, 0.2) is 5.78 Å². The zero-order valence-corrected chi connectivity index (χ0v) is 45.7. The molecule has 16 atom stereocenters. The summed E-state index contributed by atoms with van der Waals surface area (Å²) in [6, 6.07) is -1.59. The smallest absolute Gasteiger partial charge is 0.420 e. The molecule has 1 saturated carbocycles. The number of cyclic esters (lactones) is 1. The molecule has 3 fully saturated rings. The van der Waals surface area contributed by atoms with Gasteiger partial charge in [-0.2, -0.15) is 0 Å². The Morgan fingerprint density at radius 3 is 2.19 bits per heavy atom. The minimum atomic E-state index is -2.63. The Kier molecular flexibility index (Phi) is 23.7. The van der Waals surface area contributed by atoms with Crippen molar-refractivity contribution in [3.05, 3.63) is 47.6 Å². The predicted molar refractivity (Wildman–Crippen MR) is 271 cm³/mol. The summed E-state index contributed by atoms with van der Waals surface area (Å²) in [6.07, 6.45) is 8.21. The fourth-order valence-electron chi connectivity index (χ4n) is 10.9. The topological polar surface area (TPSA) is 259 Å². The van der Waals surface area contributed by atoms with Crippen LogP contribution in [-0.4, -0.2) is 161 Å². The van der Waals surface area contributed by atoms with Crippen LogP contribution in [0.5, 0.6) is 0 Å². The third-order valence-electron chi connectivity index (χ3n) is 16.2. The van der Waals surface area contributed by atoms with Crippen LogP contribution in [-0.2, 0) is 57.2 Å². The molecule has 0 aromatic heterocycles. The van der Waals surface area contributed by atoms with E-state index < -0.39 is 125 Å². The number of carbonyl (C=O) groups excluding carboxylic acids is 6. The number of carbonyl (C=O) groups is 6. The summed E-state index contributed by atoms with van der Waals surface area (Å²) >= 11 is 0. The number of rotatable bonds is 10. The first kappa shape index (κ1) is 62.7. The molecule has 418 valence electrons. The number of aliphatic hydroxyl groups is 4. The van der Waals surface area contributed by atoms with Gasteiger partial charge in [0.05, 0.1) is 31.5 Å². The van der Waals surface area contributed by atoms with Gasteiger partial charge in [-0.3, -0.25) is 19.2 Å². The zero-order valence-electron chi connectivity index (χ0n) is 45.7. The lowest BCUT2D eigenvalue weighted by atomic mass is 9.78. The summed E-state index contributed by atoms with van der Waals surface area (Å²) in [5.74, 6) is -10.7. The molecule has 1 aliphatic carbocycles. The number of hydroxylamine groups is 3. The third-order valence-corrected chi connectivity index (χ3v) is 16.2. The zero-order chi connectivity index (χ0) is 55.3. The van der Waals surface area contributed by atoms with E-state index in [1.807, 2.05) is 51.2 Å². The molecule has 3 heterocycles. The van der Waals surface area contributed by atoms with Gasteiger partial charge in [0.1, 0.15) is 42.2 Å². The number of nitrogens with zero attached hydrogens (tertiary/aromatic N) is 1. The molecule has 0 spiro atoms. The van der Waals surface area contributed by atoms with Crippen molar-refractivity contribution in [2.75, 3.05) is 41.1 Å². The van der Waals surface area contributed by atoms with Crippen LogP contribution in [0.15, 0.2) is 47.6 Å². The molecule has 5 N–H and O–H groups in total. The van der Waals surface area contributed by atoms with Crippen LogP contribution in [0.4, 0.5) is 0 Å². The molecule has 2 bridgehead atoms. The van der Waals surface area contributed by atoms with E-state index in [0.29, 0.717) is 56.9 Å². The number of piperidine rings is 1. The molecule has 3 aliphatic heterocycles. The summed E-state index contributed by atoms with van der Waals surface area (Å²) in [5.41, 5.74) is -0.364. The fourth-order valence-corrected chi connectivity index (χ4v) is 10.9. The first-order valence-electron chi connectivity index (χ1n) is 26.6. The van der Waals surface area contributed by atoms with Crippen LogP contribution in [0.2, 0.25) is 0 Å². The highest BCUT2D eigenvalue weighted by atomic mass is 16.6. The molecule has 0 aromatic rings. The first-order valence-corrected chi connectivity index (χ1v) is 26.6. The van der Waals surface area contributed by atoms with Crippen molar-refractivity contribution in [3.63, 3.8) is 0 Å². The lowest BCUT2D eigenvalue weighted by Gasteiger charge is -2.43. The average molecular weight is 1050 g/mol. The van der Waals surface area contributed by atoms with Gasteiger partial charge in [-0.15, -0.1) is 4.65 Å². The van der Waals surface area contributed by atoms with E-state index in [1.165, 1.54) is 28.3 Å². The number of aliphatic hydroxyl groups excluding tert-OH is 3. The second-order valence-corrected chi connectivity index (χ2v) is 22.2. The number of hydrogen-bond donors (Lipinski definition) is 5. The third kappa shape index (κ3) is 15.4. The molecule has 0 aromatic carbocycles. The fraction of sp³-hybridized carbons (Fsp3) is 0.750. The van der Waals surface area contributed by atoms with E-state index in [2.05, 4.69) is 0 Å². The van der Waals surface area contributed by atoms with Crippen molar-refractivity contribution in [2.24, 2.45) is 40.9 Å². The molecule has 2 saturated heterocycles. The minimum Gasteiger partial charge on any atom is -0.459 e. The normalized spacial score (nSPS) is 37.9. The Morgan fingerprint density at radius 1 is 0.865 bits per heavy atom. The van der Waals surface area contributed by atoms with Crippen molar-refractivity contribution in [1.82, 2.24) is 0 Å². The number of ether oxygens (including phenoxy) is 6. The van der Waals surface area contributed by atoms with Crippen LogP contribution >= 0.6 is 0 Å². The van der Waals surface area contributed by atoms with Crippen molar-refractivity contribution >= 4 is 35.2 Å². The maximum atomic E-state index is 14.6. The number of hydrogen-bond acceptors (Lipinski definition) is 17. The van der Waals surface area contributed by atoms with Crippen molar-refractivity contribution in [1.29, 1.82) is 0 Å². The molecule has 18 heteroatoms. The highest BCUT2D eigenvalue weighted by molar-refractivity contribution is 6.36. The first-order chi connectivity index (χ1) is 34.8. The monoisotopic (exact) mass is 1050 g/mol. The van der Waals surface area contributed by atoms with Gasteiger partial charge in [0.25, 0.3) is 0 Å². The van der Waals surface area contributed by atoms with Gasteiger partial charge in [0.2, 0.25) is 11.8 Å². The molecular weight excluding hydrogens is 959 g/mol. The van der Waals surface area contributed by atoms with Crippen LogP contribution in [0.3, 0.4) is 0 Å². The summed E-state index contributed by atoms with van der Waals surface area (Å²) < 4.78 is 33.6. The molecule has 4 aliphatic rings. The second kappa shape index (κ2) is 28.0. The quantitative estimate of drug-likeness (QED) is 0.0584. The lowest BCUT2D eigenvalue weighted by molar-refractivity contribution is -1.05. The average Bonchev–Trinajstić information content (AvgIpc) is 3.37. The van der Waals surface area contributed by atoms with E-state index in [0.717, 1.165) is 5.57 Å². The Balaban J connectivity index is 1.72. The van der Waals surface area contributed by atoms with Crippen LogP contribution < -0.4 is 0 Å². The van der Waals surface area contributed by atoms with E-state index in [9.17, 15) is 54.4 Å². The number of amides is 1. The summed E-state index contributed by atoms with van der Waals surface area (Å²) in [7, 11) is 4.37. The Labute approximate surface area is 438 Å². The minimum absolute atomic E-state index is 0.0230. The van der Waals surface area contributed by atoms with E-state index >= 15 is 0 Å². The Hall–Kier alpha value is -3.82. The molecule has 2 unspecified atom stereocenters. The van der Waals surface area contributed by atoms with Gasteiger partial charge in [-0.05, 0) is 101 Å². The van der Waals surface area contributed by atoms with Crippen molar-refractivity contribution in [2.45, 2.75) is 187 Å². The maximum Gasteiger partial charge on any atom is 0.420 e. The summed E-state index contributed by atoms with van der Waals surface area (Å²) in [5, 5.41) is 55.4. The molecular formula is C56H88NO17+. The van der Waals surface area contributed by atoms with Gasteiger partial charge < -0.3 is 48.8 Å². The highest BCUT2D eigenvalue weighted by Gasteiger charge is 2.61. The Bertz CT molecular complexity index is 2060. The van der Waals surface area contributed by atoms with Crippen molar-refractivity contribution in [3.8, 4) is 0 Å². The van der Waals surface area contributed by atoms with Gasteiger partial charge in [0, 0.05) is 64.8 Å². The standard InChI is InChI=1S/C56H88NO17/c1-33-17-13-12-14-18-34(2)45(69-9)29-41-22-20-39(7)56(67,74-41)51(63)52(64)57(68)24-16-15-19-42(57)53(65)72-46(30-43(60)35(3)26-38(6)49(62)50(71-11)48(61)37(5)25-33)36(4)27-40-21-23-44(47(28-40)70-10)73-54(66)55(8,31-58)32-59/h12-14,17-18,26,33,35-37,39-42,44-47,49-50,58-59,62,67-68H,15-16,19-25,27-32H2,1-11H3/q+1/b14-12?,17-13+,34-18?,38-26+/t33-,35-,36-,37-,39-,40+,41?,42+,44-,45+,46+,47-,49-,50+,56-,57?/m1/s1. The Morgan fingerprint density at radius 2 is 1.55 bits per heavy atom. The van der Waals surface area contributed by atoms with E-state index in [4.69, 9.17) is 28.4 Å². The van der Waals surface area contributed by atoms with Gasteiger partial charge in [-0.25, -0.2) is 14.8 Å². The number of fused-ring (bicyclic) bond motifs is 3. The number of methoxy groups -OCH3 is 3. The van der Waals surface area contributed by atoms with E-state index in [-0.39, 0.29) is 55.6 Å². The molecule has 18 nitrogen and oxygen atoms in total. The molecule has 1 amide bonds. The van der Waals surface area contributed by atoms with Crippen molar-refractivity contribution < 1.29 is 87.5 Å². The molecule has 0 radical (unpaired) electrons. The number of ketones is 3. The van der Waals surface area contributed by atoms with Crippen LogP contribution in [0.25, 0.3) is 0 Å². The second-order valence-electron chi connectivity index (χ2n) is 22.2. The summed E-state index contributed by atoms with van der Waals surface area (Å²) in [4.78, 5) is 84.5. The lowest BCUT2D eigenvalue weighted by Crippen LogP contribution is -2.68. The predicted octanol–water partition coefficient (Wildman–Crippen LogP) is 5.63. The summed E-state index contributed by atoms with van der Waals surface area (Å²) in [6.45, 7) is 12.1. The highest BCUT2D eigenvalue weighted by Crippen LogP contribution is 2.39. The largest absolute Gasteiger partial charge is 0.459 e. The molecule has 4 rings (SSSR count). The number of esters is 2. The molecule has 74 heavy (non-hydrogen) atoms. The van der Waals surface area contributed by atoms with Crippen LogP contribution in [0, 0.1) is 40.9 Å².